The Morgan fingerprint density at radius 2 is 1.83 bits per heavy atom. The fraction of sp³-hybridized carbons (Fsp3) is 0.350. The Balaban J connectivity index is 1.68. The van der Waals surface area contributed by atoms with Crippen LogP contribution in [0.25, 0.3) is 0 Å². The van der Waals surface area contributed by atoms with Gasteiger partial charge in [0.25, 0.3) is 0 Å². The number of nitrogens with zero attached hydrogens (tertiary/aromatic N) is 1. The summed E-state index contributed by atoms with van der Waals surface area (Å²) in [5.74, 6) is -0.332. The Bertz CT molecular complexity index is 702. The van der Waals surface area contributed by atoms with Crippen molar-refractivity contribution in [2.75, 3.05) is 20.6 Å². The van der Waals surface area contributed by atoms with Gasteiger partial charge in [-0.2, -0.15) is 0 Å². The molecule has 3 unspecified atom stereocenters. The summed E-state index contributed by atoms with van der Waals surface area (Å²) in [6, 6.07) is 16.6. The second kappa shape index (κ2) is 7.14. The van der Waals surface area contributed by atoms with Crippen LogP contribution in [-0.4, -0.2) is 31.4 Å². The summed E-state index contributed by atoms with van der Waals surface area (Å²) in [5, 5.41) is 3.14. The van der Waals surface area contributed by atoms with Gasteiger partial charge in [-0.3, -0.25) is 4.79 Å². The lowest BCUT2D eigenvalue weighted by atomic mass is 10.1. The van der Waals surface area contributed by atoms with Crippen LogP contribution in [0.5, 0.6) is 0 Å². The second-order valence-corrected chi connectivity index (χ2v) is 6.70. The minimum Gasteiger partial charge on any atom is -0.348 e. The normalized spacial score (nSPS) is 20.7. The van der Waals surface area contributed by atoms with E-state index in [0.717, 1.165) is 18.5 Å². The smallest absolute Gasteiger partial charge is 0.224 e. The van der Waals surface area contributed by atoms with E-state index in [1.54, 1.807) is 12.1 Å². The topological polar surface area (TPSA) is 32.3 Å². The number of halogens is 1. The third kappa shape index (κ3) is 3.82. The number of likely N-dealkylation sites (N-methyl/N-ethyl adjacent to an activating group) is 1. The molecule has 1 fully saturated rings. The fourth-order valence-corrected chi connectivity index (χ4v) is 3.17. The Kier molecular flexibility index (Phi) is 4.95. The standard InChI is InChI=1S/C20H23FN2O/c1-23(2)13-19(14-8-4-3-5-9-14)22-20(24)17-12-16(17)15-10-6-7-11-18(15)21/h3-11,16-17,19H,12-13H2,1-2H3,(H,22,24). The highest BCUT2D eigenvalue weighted by molar-refractivity contribution is 5.83. The lowest BCUT2D eigenvalue weighted by molar-refractivity contribution is -0.123. The van der Waals surface area contributed by atoms with Crippen LogP contribution < -0.4 is 5.32 Å². The highest BCUT2D eigenvalue weighted by Gasteiger charge is 2.45. The van der Waals surface area contributed by atoms with E-state index in [4.69, 9.17) is 0 Å². The highest BCUT2D eigenvalue weighted by atomic mass is 19.1. The minimum atomic E-state index is -0.217. The lowest BCUT2D eigenvalue weighted by Crippen LogP contribution is -2.36. The van der Waals surface area contributed by atoms with E-state index in [0.29, 0.717) is 5.56 Å². The van der Waals surface area contributed by atoms with Crippen molar-refractivity contribution in [2.45, 2.75) is 18.4 Å². The molecule has 0 radical (unpaired) electrons. The van der Waals surface area contributed by atoms with E-state index in [1.807, 2.05) is 50.5 Å². The summed E-state index contributed by atoms with van der Waals surface area (Å²) >= 11 is 0. The first kappa shape index (κ1) is 16.7. The predicted octanol–water partition coefficient (Wildman–Crippen LogP) is 3.35. The number of carbonyl (C=O) groups excluding carboxylic acids is 1. The summed E-state index contributed by atoms with van der Waals surface area (Å²) in [7, 11) is 3.97. The van der Waals surface area contributed by atoms with E-state index < -0.39 is 0 Å². The molecule has 0 aromatic heterocycles. The van der Waals surface area contributed by atoms with E-state index in [2.05, 4.69) is 10.2 Å². The van der Waals surface area contributed by atoms with Crippen LogP contribution in [0, 0.1) is 11.7 Å². The molecule has 1 aliphatic carbocycles. The first-order valence-corrected chi connectivity index (χ1v) is 8.30. The quantitative estimate of drug-likeness (QED) is 0.883. The molecule has 0 heterocycles. The van der Waals surface area contributed by atoms with Crippen LogP contribution in [0.1, 0.15) is 29.5 Å². The zero-order valence-electron chi connectivity index (χ0n) is 14.1. The first-order chi connectivity index (χ1) is 11.6. The average molecular weight is 326 g/mol. The van der Waals surface area contributed by atoms with Gasteiger partial charge in [0.05, 0.1) is 6.04 Å². The van der Waals surface area contributed by atoms with Crippen LogP contribution in [0.4, 0.5) is 4.39 Å². The first-order valence-electron chi connectivity index (χ1n) is 8.30. The monoisotopic (exact) mass is 326 g/mol. The lowest BCUT2D eigenvalue weighted by Gasteiger charge is -2.23. The molecular weight excluding hydrogens is 303 g/mol. The summed E-state index contributed by atoms with van der Waals surface area (Å²) in [6.45, 7) is 0.729. The maximum Gasteiger partial charge on any atom is 0.224 e. The SMILES string of the molecule is CN(C)CC(NC(=O)C1CC1c1ccccc1F)c1ccccc1. The number of nitrogens with one attached hydrogen (secondary N) is 1. The maximum atomic E-state index is 13.9. The van der Waals surface area contributed by atoms with Gasteiger partial charge in [0.1, 0.15) is 5.82 Å². The van der Waals surface area contributed by atoms with Crippen LogP contribution in [0.2, 0.25) is 0 Å². The molecular formula is C20H23FN2O. The van der Waals surface area contributed by atoms with E-state index >= 15 is 0 Å². The van der Waals surface area contributed by atoms with Gasteiger partial charge in [0.2, 0.25) is 5.91 Å². The van der Waals surface area contributed by atoms with E-state index in [-0.39, 0.29) is 29.6 Å². The summed E-state index contributed by atoms with van der Waals surface area (Å²) in [5.41, 5.74) is 1.74. The molecule has 0 saturated heterocycles. The molecule has 3 rings (SSSR count). The molecule has 1 saturated carbocycles. The summed E-state index contributed by atoms with van der Waals surface area (Å²) in [6.07, 6.45) is 0.718. The highest BCUT2D eigenvalue weighted by Crippen LogP contribution is 2.48. The van der Waals surface area contributed by atoms with Gasteiger partial charge in [0, 0.05) is 12.5 Å². The second-order valence-electron chi connectivity index (χ2n) is 6.70. The molecule has 24 heavy (non-hydrogen) atoms. The Labute approximate surface area is 142 Å². The molecule has 1 N–H and O–H groups in total. The Morgan fingerprint density at radius 1 is 1.17 bits per heavy atom. The van der Waals surface area contributed by atoms with Gasteiger partial charge < -0.3 is 10.2 Å². The molecule has 0 spiro atoms. The summed E-state index contributed by atoms with van der Waals surface area (Å²) < 4.78 is 13.9. The molecule has 0 bridgehead atoms. The molecule has 1 amide bonds. The molecule has 4 heteroatoms. The Morgan fingerprint density at radius 3 is 2.50 bits per heavy atom. The number of benzene rings is 2. The van der Waals surface area contributed by atoms with Gasteiger partial charge in [-0.25, -0.2) is 4.39 Å². The van der Waals surface area contributed by atoms with Crippen molar-refractivity contribution in [3.8, 4) is 0 Å². The van der Waals surface area contributed by atoms with Crippen molar-refractivity contribution in [1.29, 1.82) is 0 Å². The number of hydrogen-bond donors (Lipinski definition) is 1. The third-order valence-corrected chi connectivity index (χ3v) is 4.50. The van der Waals surface area contributed by atoms with Crippen molar-refractivity contribution in [3.63, 3.8) is 0 Å². The van der Waals surface area contributed by atoms with Crippen LogP contribution >= 0.6 is 0 Å². The number of carbonyl (C=O) groups is 1. The number of amides is 1. The molecule has 3 nitrogen and oxygen atoms in total. The van der Waals surface area contributed by atoms with E-state index in [1.165, 1.54) is 6.07 Å². The zero-order valence-corrected chi connectivity index (χ0v) is 14.1. The van der Waals surface area contributed by atoms with E-state index in [9.17, 15) is 9.18 Å². The minimum absolute atomic E-state index is 0.00183. The van der Waals surface area contributed by atoms with Gasteiger partial charge in [-0.1, -0.05) is 48.5 Å². The molecule has 126 valence electrons. The van der Waals surface area contributed by atoms with Crippen molar-refractivity contribution in [1.82, 2.24) is 10.2 Å². The van der Waals surface area contributed by atoms with Crippen molar-refractivity contribution in [2.24, 2.45) is 5.92 Å². The number of rotatable bonds is 6. The van der Waals surface area contributed by atoms with Crippen molar-refractivity contribution < 1.29 is 9.18 Å². The van der Waals surface area contributed by atoms with Gasteiger partial charge >= 0.3 is 0 Å². The molecule has 1 aliphatic rings. The molecule has 0 aliphatic heterocycles. The predicted molar refractivity (Wildman–Crippen MR) is 93.1 cm³/mol. The van der Waals surface area contributed by atoms with Gasteiger partial charge in [-0.05, 0) is 43.6 Å². The zero-order chi connectivity index (χ0) is 17.1. The molecule has 2 aromatic carbocycles. The number of hydrogen-bond acceptors (Lipinski definition) is 2. The Hall–Kier alpha value is -2.20. The largest absolute Gasteiger partial charge is 0.348 e. The van der Waals surface area contributed by atoms with Crippen molar-refractivity contribution in [3.05, 3.63) is 71.5 Å². The third-order valence-electron chi connectivity index (χ3n) is 4.50. The van der Waals surface area contributed by atoms with Crippen molar-refractivity contribution >= 4 is 5.91 Å². The van der Waals surface area contributed by atoms with Gasteiger partial charge in [0.15, 0.2) is 0 Å². The maximum absolute atomic E-state index is 13.9. The summed E-state index contributed by atoms with van der Waals surface area (Å²) in [4.78, 5) is 14.7. The molecule has 2 aromatic rings. The van der Waals surface area contributed by atoms with Crippen LogP contribution in [0.3, 0.4) is 0 Å². The van der Waals surface area contributed by atoms with Crippen LogP contribution in [0.15, 0.2) is 54.6 Å². The van der Waals surface area contributed by atoms with Gasteiger partial charge in [-0.15, -0.1) is 0 Å². The van der Waals surface area contributed by atoms with Crippen LogP contribution in [-0.2, 0) is 4.79 Å². The molecule has 3 atom stereocenters. The fourth-order valence-electron chi connectivity index (χ4n) is 3.17. The average Bonchev–Trinajstić information content (AvgIpc) is 3.35.